The number of carbonyl (C=O) groups is 1. The van der Waals surface area contributed by atoms with Gasteiger partial charge in [-0.1, -0.05) is 23.2 Å². The van der Waals surface area contributed by atoms with Gasteiger partial charge in [-0.25, -0.2) is 5.06 Å². The SMILES string of the molecule is CN(OCC=CCl)C(=O)Cc1cc(Oc2ccc(C(F)(F)F)cc2Cl)ccc1[N+](=O)[O-]. The molecule has 31 heavy (non-hydrogen) atoms. The van der Waals surface area contributed by atoms with Crippen molar-refractivity contribution in [2.24, 2.45) is 0 Å². The molecule has 0 atom stereocenters. The summed E-state index contributed by atoms with van der Waals surface area (Å²) in [6, 6.07) is 6.12. The van der Waals surface area contributed by atoms with Gasteiger partial charge in [0.05, 0.1) is 28.5 Å². The van der Waals surface area contributed by atoms with Gasteiger partial charge < -0.3 is 4.74 Å². The van der Waals surface area contributed by atoms with E-state index in [1.54, 1.807) is 0 Å². The molecule has 0 bridgehead atoms. The Labute approximate surface area is 184 Å². The molecule has 1 amide bonds. The summed E-state index contributed by atoms with van der Waals surface area (Å²) in [6.45, 7) is 0.0173. The van der Waals surface area contributed by atoms with Gasteiger partial charge in [-0.3, -0.25) is 19.7 Å². The number of benzene rings is 2. The van der Waals surface area contributed by atoms with Crippen LogP contribution in [0.5, 0.6) is 11.5 Å². The lowest BCUT2D eigenvalue weighted by molar-refractivity contribution is -0.385. The van der Waals surface area contributed by atoms with Crippen LogP contribution in [0.25, 0.3) is 0 Å². The van der Waals surface area contributed by atoms with Gasteiger partial charge in [-0.15, -0.1) is 0 Å². The third-order valence-corrected chi connectivity index (χ3v) is 4.35. The summed E-state index contributed by atoms with van der Waals surface area (Å²) in [5.74, 6) is -0.631. The van der Waals surface area contributed by atoms with E-state index >= 15 is 0 Å². The average Bonchev–Trinajstić information content (AvgIpc) is 2.68. The Morgan fingerprint density at radius 2 is 1.97 bits per heavy atom. The number of rotatable bonds is 8. The number of likely N-dealkylation sites (N-methyl/N-ethyl adjacent to an activating group) is 1. The molecule has 0 aromatic heterocycles. The van der Waals surface area contributed by atoms with Crippen LogP contribution in [0.15, 0.2) is 48.0 Å². The standard InChI is InChI=1S/C19H15Cl2F3N2O5/c1-25(30-8-2-7-20)18(27)10-12-9-14(4-5-16(12)26(28)29)31-17-6-3-13(11-15(17)21)19(22,23)24/h2-7,9,11H,8,10H2,1H3. The molecule has 12 heteroatoms. The highest BCUT2D eigenvalue weighted by Gasteiger charge is 2.31. The van der Waals surface area contributed by atoms with Crippen molar-refractivity contribution in [2.75, 3.05) is 13.7 Å². The number of nitrogens with zero attached hydrogens (tertiary/aromatic N) is 2. The first kappa shape index (κ1) is 24.4. The quantitative estimate of drug-likeness (QED) is 0.356. The number of hydroxylamine groups is 2. The van der Waals surface area contributed by atoms with E-state index in [9.17, 15) is 28.1 Å². The van der Waals surface area contributed by atoms with Gasteiger partial charge >= 0.3 is 6.18 Å². The minimum atomic E-state index is -4.57. The van der Waals surface area contributed by atoms with Crippen LogP contribution in [0, 0.1) is 10.1 Å². The summed E-state index contributed by atoms with van der Waals surface area (Å²) >= 11 is 11.2. The van der Waals surface area contributed by atoms with Crippen LogP contribution in [0.1, 0.15) is 11.1 Å². The third kappa shape index (κ3) is 6.84. The molecule has 0 saturated heterocycles. The molecule has 0 N–H and O–H groups in total. The predicted octanol–water partition coefficient (Wildman–Crippen LogP) is 5.74. The molecule has 0 heterocycles. The molecule has 2 aromatic rings. The lowest BCUT2D eigenvalue weighted by Gasteiger charge is -2.16. The first-order valence-corrected chi connectivity index (χ1v) is 9.31. The molecular weight excluding hydrogens is 464 g/mol. The van der Waals surface area contributed by atoms with Crippen LogP contribution in [-0.4, -0.2) is 29.5 Å². The van der Waals surface area contributed by atoms with Crippen molar-refractivity contribution in [3.63, 3.8) is 0 Å². The largest absolute Gasteiger partial charge is 0.456 e. The Balaban J connectivity index is 2.25. The highest BCUT2D eigenvalue weighted by molar-refractivity contribution is 6.32. The number of nitro benzene ring substituents is 1. The summed E-state index contributed by atoms with van der Waals surface area (Å²) in [6.07, 6.45) is -3.53. The van der Waals surface area contributed by atoms with Gasteiger partial charge in [0.25, 0.3) is 11.6 Å². The van der Waals surface area contributed by atoms with Crippen molar-refractivity contribution < 1.29 is 32.5 Å². The molecule has 0 aliphatic rings. The number of alkyl halides is 3. The number of carbonyl (C=O) groups excluding carboxylic acids is 1. The van der Waals surface area contributed by atoms with Crippen LogP contribution >= 0.6 is 23.2 Å². The smallest absolute Gasteiger partial charge is 0.416 e. The van der Waals surface area contributed by atoms with E-state index in [2.05, 4.69) is 0 Å². The summed E-state index contributed by atoms with van der Waals surface area (Å²) in [5, 5.41) is 11.9. The fraction of sp³-hybridized carbons (Fsp3) is 0.211. The van der Waals surface area contributed by atoms with Gasteiger partial charge in [-0.05, 0) is 36.4 Å². The van der Waals surface area contributed by atoms with Crippen LogP contribution in [0.2, 0.25) is 5.02 Å². The minimum Gasteiger partial charge on any atom is -0.456 e. The van der Waals surface area contributed by atoms with Crippen molar-refractivity contribution in [1.29, 1.82) is 0 Å². The molecule has 0 aliphatic heterocycles. The van der Waals surface area contributed by atoms with Crippen LogP contribution < -0.4 is 4.74 Å². The van der Waals surface area contributed by atoms with Crippen molar-refractivity contribution >= 4 is 34.8 Å². The number of nitro groups is 1. The maximum atomic E-state index is 12.8. The zero-order chi connectivity index (χ0) is 23.2. The second-order valence-electron chi connectivity index (χ2n) is 6.02. The minimum absolute atomic E-state index is 0.0128. The molecule has 166 valence electrons. The molecule has 7 nitrogen and oxygen atoms in total. The van der Waals surface area contributed by atoms with E-state index in [0.29, 0.717) is 6.07 Å². The second kappa shape index (κ2) is 10.5. The molecule has 2 aromatic carbocycles. The van der Waals surface area contributed by atoms with E-state index in [0.717, 1.165) is 23.3 Å². The number of amides is 1. The van der Waals surface area contributed by atoms with Gasteiger partial charge in [0, 0.05) is 24.2 Å². The lowest BCUT2D eigenvalue weighted by Crippen LogP contribution is -2.28. The van der Waals surface area contributed by atoms with Crippen molar-refractivity contribution in [1.82, 2.24) is 5.06 Å². The fourth-order valence-corrected chi connectivity index (χ4v) is 2.66. The number of hydrogen-bond donors (Lipinski definition) is 0. The van der Waals surface area contributed by atoms with Crippen LogP contribution in [0.4, 0.5) is 18.9 Å². The highest BCUT2D eigenvalue weighted by atomic mass is 35.5. The van der Waals surface area contributed by atoms with E-state index in [-0.39, 0.29) is 34.4 Å². The van der Waals surface area contributed by atoms with E-state index in [1.165, 1.54) is 30.8 Å². The Morgan fingerprint density at radius 3 is 2.55 bits per heavy atom. The molecular formula is C19H15Cl2F3N2O5. The van der Waals surface area contributed by atoms with Crippen molar-refractivity contribution in [2.45, 2.75) is 12.6 Å². The predicted molar refractivity (Wildman–Crippen MR) is 107 cm³/mol. The molecule has 0 unspecified atom stereocenters. The molecule has 0 fully saturated rings. The Kier molecular flexibility index (Phi) is 8.26. The third-order valence-electron chi connectivity index (χ3n) is 3.88. The number of halogens is 5. The van der Waals surface area contributed by atoms with Crippen molar-refractivity contribution in [3.05, 3.63) is 74.3 Å². The first-order valence-electron chi connectivity index (χ1n) is 8.49. The first-order chi connectivity index (χ1) is 14.5. The fourth-order valence-electron chi connectivity index (χ4n) is 2.37. The topological polar surface area (TPSA) is 81.9 Å². The van der Waals surface area contributed by atoms with Crippen molar-refractivity contribution in [3.8, 4) is 11.5 Å². The van der Waals surface area contributed by atoms with Gasteiger partial charge in [-0.2, -0.15) is 13.2 Å². The number of ether oxygens (including phenoxy) is 1. The van der Waals surface area contributed by atoms with Crippen LogP contribution in [-0.2, 0) is 22.2 Å². The maximum absolute atomic E-state index is 12.8. The van der Waals surface area contributed by atoms with E-state index in [4.69, 9.17) is 32.8 Å². The lowest BCUT2D eigenvalue weighted by atomic mass is 10.1. The van der Waals surface area contributed by atoms with Gasteiger partial charge in [0.2, 0.25) is 0 Å². The van der Waals surface area contributed by atoms with Gasteiger partial charge in [0.15, 0.2) is 0 Å². The summed E-state index contributed by atoms with van der Waals surface area (Å²) in [5.41, 5.74) is -0.0740. The maximum Gasteiger partial charge on any atom is 0.416 e. The molecule has 0 spiro atoms. The zero-order valence-corrected chi connectivity index (χ0v) is 17.4. The Morgan fingerprint density at radius 1 is 1.26 bits per heavy atom. The second-order valence-corrected chi connectivity index (χ2v) is 6.68. The summed E-state index contributed by atoms with van der Waals surface area (Å²) in [7, 11) is 1.33. The van der Waals surface area contributed by atoms with Crippen LogP contribution in [0.3, 0.4) is 0 Å². The zero-order valence-electron chi connectivity index (χ0n) is 15.9. The summed E-state index contributed by atoms with van der Waals surface area (Å²) in [4.78, 5) is 28.0. The summed E-state index contributed by atoms with van der Waals surface area (Å²) < 4.78 is 43.8. The number of hydrogen-bond acceptors (Lipinski definition) is 5. The van der Waals surface area contributed by atoms with Gasteiger partial charge in [0.1, 0.15) is 11.5 Å². The highest BCUT2D eigenvalue weighted by Crippen LogP contribution is 2.37. The normalized spacial score (nSPS) is 11.5. The molecule has 0 radical (unpaired) electrons. The molecule has 2 rings (SSSR count). The molecule has 0 aliphatic carbocycles. The average molecular weight is 479 g/mol. The monoisotopic (exact) mass is 478 g/mol. The Hall–Kier alpha value is -2.82. The van der Waals surface area contributed by atoms with E-state index in [1.807, 2.05) is 0 Å². The van der Waals surface area contributed by atoms with E-state index < -0.39 is 29.0 Å². The Bertz CT molecular complexity index is 999. The molecule has 0 saturated carbocycles.